The molecule has 1 aliphatic rings. The zero-order chi connectivity index (χ0) is 13.6. The van der Waals surface area contributed by atoms with Crippen LogP contribution in [-0.2, 0) is 4.79 Å². The summed E-state index contributed by atoms with van der Waals surface area (Å²) in [4.78, 5) is 14.0. The highest BCUT2D eigenvalue weighted by molar-refractivity contribution is 5.78. The van der Waals surface area contributed by atoms with E-state index in [1.165, 1.54) is 6.42 Å². The van der Waals surface area contributed by atoms with Crippen LogP contribution >= 0.6 is 0 Å². The zero-order valence-corrected chi connectivity index (χ0v) is 12.0. The van der Waals surface area contributed by atoms with E-state index in [0.717, 1.165) is 32.4 Å². The number of nitrogens with one attached hydrogen (secondary N) is 1. The molecule has 18 heavy (non-hydrogen) atoms. The van der Waals surface area contributed by atoms with Gasteiger partial charge in [0.25, 0.3) is 0 Å². The van der Waals surface area contributed by atoms with Gasteiger partial charge in [-0.1, -0.05) is 20.3 Å². The standard InChI is InChI=1S/C14H28N2O2/c1-4-7-14(3,11-17)15-9-13(18)16-8-5-6-12(2)10-16/h12,15,17H,4-11H2,1-3H3/t12-,14+/m0/s1. The van der Waals surface area contributed by atoms with Gasteiger partial charge in [-0.15, -0.1) is 0 Å². The zero-order valence-electron chi connectivity index (χ0n) is 12.0. The van der Waals surface area contributed by atoms with E-state index in [4.69, 9.17) is 0 Å². The maximum atomic E-state index is 12.1. The molecule has 0 aliphatic carbocycles. The van der Waals surface area contributed by atoms with Crippen molar-refractivity contribution in [1.29, 1.82) is 0 Å². The molecule has 0 saturated carbocycles. The van der Waals surface area contributed by atoms with E-state index in [2.05, 4.69) is 19.2 Å². The first-order valence-corrected chi connectivity index (χ1v) is 7.14. The highest BCUT2D eigenvalue weighted by atomic mass is 16.3. The molecular weight excluding hydrogens is 228 g/mol. The lowest BCUT2D eigenvalue weighted by atomic mass is 9.97. The van der Waals surface area contributed by atoms with Crippen molar-refractivity contribution >= 4 is 5.91 Å². The molecule has 1 rings (SSSR count). The third-order valence-corrected chi connectivity index (χ3v) is 3.83. The van der Waals surface area contributed by atoms with Gasteiger partial charge in [-0.2, -0.15) is 0 Å². The van der Waals surface area contributed by atoms with Crippen LogP contribution in [0.4, 0.5) is 0 Å². The van der Waals surface area contributed by atoms with Crippen LogP contribution in [0.1, 0.15) is 46.5 Å². The molecule has 0 spiro atoms. The number of amides is 1. The fraction of sp³-hybridized carbons (Fsp3) is 0.929. The van der Waals surface area contributed by atoms with Gasteiger partial charge >= 0.3 is 0 Å². The van der Waals surface area contributed by atoms with Gasteiger partial charge in [-0.25, -0.2) is 0 Å². The topological polar surface area (TPSA) is 52.6 Å². The minimum absolute atomic E-state index is 0.0739. The fourth-order valence-corrected chi connectivity index (χ4v) is 2.59. The monoisotopic (exact) mass is 256 g/mol. The van der Waals surface area contributed by atoms with Crippen LogP contribution in [0.5, 0.6) is 0 Å². The van der Waals surface area contributed by atoms with Gasteiger partial charge in [0.05, 0.1) is 13.2 Å². The number of carbonyl (C=O) groups excluding carboxylic acids is 1. The maximum Gasteiger partial charge on any atom is 0.236 e. The van der Waals surface area contributed by atoms with Gasteiger partial charge in [-0.3, -0.25) is 4.79 Å². The molecule has 1 fully saturated rings. The molecular formula is C14H28N2O2. The maximum absolute atomic E-state index is 12.1. The van der Waals surface area contributed by atoms with Crippen molar-refractivity contribution in [2.75, 3.05) is 26.2 Å². The molecule has 2 atom stereocenters. The quantitative estimate of drug-likeness (QED) is 0.755. The highest BCUT2D eigenvalue weighted by Gasteiger charge is 2.25. The first-order chi connectivity index (χ1) is 8.50. The summed E-state index contributed by atoms with van der Waals surface area (Å²) in [6.45, 7) is 8.43. The van der Waals surface area contributed by atoms with E-state index < -0.39 is 0 Å². The summed E-state index contributed by atoms with van der Waals surface area (Å²) in [5.41, 5.74) is -0.328. The van der Waals surface area contributed by atoms with E-state index in [0.29, 0.717) is 12.5 Å². The first kappa shape index (κ1) is 15.4. The molecule has 1 saturated heterocycles. The molecule has 0 aromatic carbocycles. The summed E-state index contributed by atoms with van der Waals surface area (Å²) in [6, 6.07) is 0. The Bertz CT molecular complexity index is 271. The third-order valence-electron chi connectivity index (χ3n) is 3.83. The Hall–Kier alpha value is -0.610. The Balaban J connectivity index is 2.39. The van der Waals surface area contributed by atoms with Crippen LogP contribution in [-0.4, -0.2) is 47.7 Å². The Morgan fingerprint density at radius 3 is 2.83 bits per heavy atom. The average Bonchev–Trinajstić information content (AvgIpc) is 2.36. The molecule has 0 unspecified atom stereocenters. The van der Waals surface area contributed by atoms with E-state index in [9.17, 15) is 9.90 Å². The molecule has 0 aromatic heterocycles. The molecule has 0 bridgehead atoms. The Morgan fingerprint density at radius 1 is 1.56 bits per heavy atom. The molecule has 0 radical (unpaired) electrons. The molecule has 1 aliphatic heterocycles. The smallest absolute Gasteiger partial charge is 0.236 e. The first-order valence-electron chi connectivity index (χ1n) is 7.14. The van der Waals surface area contributed by atoms with Crippen LogP contribution in [0.2, 0.25) is 0 Å². The van der Waals surface area contributed by atoms with Crippen molar-refractivity contribution in [2.24, 2.45) is 5.92 Å². The van der Waals surface area contributed by atoms with E-state index >= 15 is 0 Å². The normalized spacial score (nSPS) is 23.8. The fourth-order valence-electron chi connectivity index (χ4n) is 2.59. The van der Waals surface area contributed by atoms with Gasteiger partial charge < -0.3 is 15.3 Å². The van der Waals surface area contributed by atoms with Crippen molar-refractivity contribution in [3.63, 3.8) is 0 Å². The summed E-state index contributed by atoms with van der Waals surface area (Å²) < 4.78 is 0. The largest absolute Gasteiger partial charge is 0.394 e. The molecule has 4 heteroatoms. The minimum Gasteiger partial charge on any atom is -0.394 e. The lowest BCUT2D eigenvalue weighted by Gasteiger charge is -2.33. The van der Waals surface area contributed by atoms with Crippen molar-refractivity contribution in [3.8, 4) is 0 Å². The predicted molar refractivity (Wildman–Crippen MR) is 73.4 cm³/mol. The number of aliphatic hydroxyl groups is 1. The van der Waals surface area contributed by atoms with E-state index in [1.807, 2.05) is 11.8 Å². The molecule has 4 nitrogen and oxygen atoms in total. The van der Waals surface area contributed by atoms with Crippen molar-refractivity contribution in [1.82, 2.24) is 10.2 Å². The molecule has 2 N–H and O–H groups in total. The summed E-state index contributed by atoms with van der Waals surface area (Å²) in [6.07, 6.45) is 4.21. The van der Waals surface area contributed by atoms with Crippen LogP contribution in [0, 0.1) is 5.92 Å². The number of likely N-dealkylation sites (tertiary alicyclic amines) is 1. The number of hydrogen-bond donors (Lipinski definition) is 2. The summed E-state index contributed by atoms with van der Waals surface area (Å²) >= 11 is 0. The number of carbonyl (C=O) groups is 1. The summed E-state index contributed by atoms with van der Waals surface area (Å²) in [5.74, 6) is 0.778. The Kier molecular flexibility index (Phi) is 6.09. The number of piperidine rings is 1. The summed E-state index contributed by atoms with van der Waals surface area (Å²) in [5, 5.41) is 12.6. The molecule has 0 aromatic rings. The van der Waals surface area contributed by atoms with E-state index in [-0.39, 0.29) is 18.1 Å². The van der Waals surface area contributed by atoms with Crippen LogP contribution in [0.25, 0.3) is 0 Å². The molecule has 1 amide bonds. The second-order valence-electron chi connectivity index (χ2n) is 5.91. The second-order valence-corrected chi connectivity index (χ2v) is 5.91. The van der Waals surface area contributed by atoms with Gasteiger partial charge in [0.2, 0.25) is 5.91 Å². The van der Waals surface area contributed by atoms with E-state index in [1.54, 1.807) is 0 Å². The second kappa shape index (κ2) is 7.10. The van der Waals surface area contributed by atoms with Crippen molar-refractivity contribution in [3.05, 3.63) is 0 Å². The van der Waals surface area contributed by atoms with Crippen LogP contribution < -0.4 is 5.32 Å². The highest BCUT2D eigenvalue weighted by Crippen LogP contribution is 2.16. The number of aliphatic hydroxyl groups excluding tert-OH is 1. The van der Waals surface area contributed by atoms with Crippen molar-refractivity contribution < 1.29 is 9.90 Å². The van der Waals surface area contributed by atoms with Crippen LogP contribution in [0.3, 0.4) is 0 Å². The summed E-state index contributed by atoms with van der Waals surface area (Å²) in [7, 11) is 0. The van der Waals surface area contributed by atoms with Gasteiger partial charge in [0.15, 0.2) is 0 Å². The SMILES string of the molecule is CCC[C@](C)(CO)NCC(=O)N1CCC[C@H](C)C1. The van der Waals surface area contributed by atoms with Crippen molar-refractivity contribution in [2.45, 2.75) is 52.0 Å². The lowest BCUT2D eigenvalue weighted by Crippen LogP contribution is -2.51. The molecule has 1 heterocycles. The predicted octanol–water partition coefficient (Wildman–Crippen LogP) is 1.39. The Labute approximate surface area is 111 Å². The average molecular weight is 256 g/mol. The van der Waals surface area contributed by atoms with Gasteiger partial charge in [-0.05, 0) is 32.1 Å². The van der Waals surface area contributed by atoms with Gasteiger partial charge in [0, 0.05) is 18.6 Å². The molecule has 106 valence electrons. The Morgan fingerprint density at radius 2 is 2.28 bits per heavy atom. The lowest BCUT2D eigenvalue weighted by molar-refractivity contribution is -0.132. The number of nitrogens with zero attached hydrogens (tertiary/aromatic N) is 1. The number of hydrogen-bond acceptors (Lipinski definition) is 3. The minimum atomic E-state index is -0.328. The van der Waals surface area contributed by atoms with Gasteiger partial charge in [0.1, 0.15) is 0 Å². The van der Waals surface area contributed by atoms with Crippen LogP contribution in [0.15, 0.2) is 0 Å². The third kappa shape index (κ3) is 4.58. The number of rotatable bonds is 6.